The number of aromatic nitrogens is 1. The molecular weight excluding hydrogens is 410 g/mol. The second-order valence-corrected chi connectivity index (χ2v) is 8.01. The number of thioether (sulfide) groups is 1. The maximum Gasteiger partial charge on any atom is 0.352 e. The summed E-state index contributed by atoms with van der Waals surface area (Å²) in [6.45, 7) is 0.985. The van der Waals surface area contributed by atoms with Gasteiger partial charge in [0.15, 0.2) is 0 Å². The predicted molar refractivity (Wildman–Crippen MR) is 98.1 cm³/mol. The number of hydrogen-bond donors (Lipinski definition) is 2. The Hall–Kier alpha value is -2.44. The van der Waals surface area contributed by atoms with Crippen LogP contribution in [0.2, 0.25) is 0 Å². The van der Waals surface area contributed by atoms with Gasteiger partial charge in [-0.25, -0.2) is 9.78 Å². The first-order valence-electron chi connectivity index (χ1n) is 8.08. The molecule has 1 aromatic heterocycles. The molecule has 0 radical (unpaired) electrons. The van der Waals surface area contributed by atoms with Crippen molar-refractivity contribution in [2.45, 2.75) is 24.4 Å². The molecule has 0 saturated carbocycles. The summed E-state index contributed by atoms with van der Waals surface area (Å²) in [6, 6.07) is 0. The number of fused-ring (bicyclic) bond motifs is 1. The Morgan fingerprint density at radius 3 is 2.79 bits per heavy atom. The third kappa shape index (κ3) is 3.50. The van der Waals surface area contributed by atoms with E-state index in [0.717, 1.165) is 4.90 Å². The molecule has 0 aliphatic carbocycles. The largest absolute Gasteiger partial charge is 0.477 e. The highest BCUT2D eigenvalue weighted by atomic mass is 32.2. The van der Waals surface area contributed by atoms with E-state index in [2.05, 4.69) is 10.3 Å². The van der Waals surface area contributed by atoms with Gasteiger partial charge in [0.1, 0.15) is 22.7 Å². The van der Waals surface area contributed by atoms with E-state index in [9.17, 15) is 24.3 Å². The molecule has 1 aromatic rings. The van der Waals surface area contributed by atoms with E-state index >= 15 is 0 Å². The zero-order valence-corrected chi connectivity index (χ0v) is 16.6. The Kier molecular flexibility index (Phi) is 5.72. The number of amides is 2. The van der Waals surface area contributed by atoms with Crippen LogP contribution in [0.1, 0.15) is 11.9 Å². The Balaban J connectivity index is 1.81. The maximum absolute atomic E-state index is 12.8. The molecule has 10 nitrogen and oxygen atoms in total. The van der Waals surface area contributed by atoms with Gasteiger partial charge in [0.05, 0.1) is 6.42 Å². The van der Waals surface area contributed by atoms with Crippen molar-refractivity contribution in [1.29, 1.82) is 0 Å². The van der Waals surface area contributed by atoms with Gasteiger partial charge >= 0.3 is 11.9 Å². The van der Waals surface area contributed by atoms with Gasteiger partial charge in [-0.05, 0) is 0 Å². The average Bonchev–Trinajstić information content (AvgIpc) is 3.15. The number of carboxylic acid groups (broad SMARTS) is 1. The lowest BCUT2D eigenvalue weighted by Crippen LogP contribution is -2.80. The third-order valence-corrected chi connectivity index (χ3v) is 6.36. The van der Waals surface area contributed by atoms with Crippen LogP contribution in [0.15, 0.2) is 22.8 Å². The topological polar surface area (TPSA) is 135 Å². The molecule has 1 saturated heterocycles. The minimum atomic E-state index is -1.66. The zero-order chi connectivity index (χ0) is 20.5. The van der Waals surface area contributed by atoms with Crippen molar-refractivity contribution in [2.24, 2.45) is 0 Å². The van der Waals surface area contributed by atoms with E-state index in [1.165, 1.54) is 37.1 Å². The molecule has 0 spiro atoms. The summed E-state index contributed by atoms with van der Waals surface area (Å²) in [6.07, 6.45) is 1.55. The van der Waals surface area contributed by atoms with Crippen LogP contribution in [-0.4, -0.2) is 69.3 Å². The molecule has 2 amide bonds. The highest BCUT2D eigenvalue weighted by Gasteiger charge is 2.66. The lowest BCUT2D eigenvalue weighted by molar-refractivity contribution is -0.192. The van der Waals surface area contributed by atoms with E-state index in [1.54, 1.807) is 11.6 Å². The lowest BCUT2D eigenvalue weighted by atomic mass is 9.98. The number of nitrogens with zero attached hydrogens (tertiary/aromatic N) is 2. The van der Waals surface area contributed by atoms with Crippen LogP contribution in [0.5, 0.6) is 0 Å². The van der Waals surface area contributed by atoms with Gasteiger partial charge in [0.2, 0.25) is 5.91 Å². The molecule has 12 heteroatoms. The van der Waals surface area contributed by atoms with Crippen LogP contribution >= 0.6 is 23.1 Å². The normalized spacial score (nSPS) is 23.7. The standard InChI is InChI=1S/C16H17N3O7S2/c1-8(20)26-6-9-7-28-15-16(25-2,14(24)19(15)12(9)13(22)23)18-10(21)5-11-17-3-4-27-11/h3-4,15H,5-7H2,1-2H3,(H,18,21)(H,22,23)/t15-,16?/m0/s1. The summed E-state index contributed by atoms with van der Waals surface area (Å²) in [5.41, 5.74) is -1.61. The number of hydrogen-bond acceptors (Lipinski definition) is 9. The number of nitrogens with one attached hydrogen (secondary N) is 1. The van der Waals surface area contributed by atoms with Gasteiger partial charge < -0.3 is 19.9 Å². The van der Waals surface area contributed by atoms with Gasteiger partial charge in [0, 0.05) is 36.9 Å². The van der Waals surface area contributed by atoms with Crippen molar-refractivity contribution in [3.05, 3.63) is 27.9 Å². The van der Waals surface area contributed by atoms with Gasteiger partial charge in [-0.15, -0.1) is 23.1 Å². The second kappa shape index (κ2) is 7.89. The van der Waals surface area contributed by atoms with E-state index in [-0.39, 0.29) is 24.5 Å². The predicted octanol–water partition coefficient (Wildman–Crippen LogP) is -0.0386. The third-order valence-electron chi connectivity index (χ3n) is 4.20. The van der Waals surface area contributed by atoms with Gasteiger partial charge in [-0.2, -0.15) is 0 Å². The molecule has 1 fully saturated rings. The van der Waals surface area contributed by atoms with Crippen LogP contribution in [0.25, 0.3) is 0 Å². The van der Waals surface area contributed by atoms with Crippen LogP contribution in [0, 0.1) is 0 Å². The molecule has 2 N–H and O–H groups in total. The summed E-state index contributed by atoms with van der Waals surface area (Å²) in [5.74, 6) is -2.83. The number of carbonyl (C=O) groups is 4. The fourth-order valence-electron chi connectivity index (χ4n) is 2.97. The number of thiazole rings is 1. The van der Waals surface area contributed by atoms with Crippen LogP contribution in [-0.2, 0) is 35.1 Å². The molecule has 0 bridgehead atoms. The van der Waals surface area contributed by atoms with Crippen molar-refractivity contribution in [1.82, 2.24) is 15.2 Å². The number of carboxylic acids is 1. The first kappa shape index (κ1) is 20.3. The fourth-order valence-corrected chi connectivity index (χ4v) is 5.01. The Labute approximate surface area is 167 Å². The minimum absolute atomic E-state index is 0.0211. The van der Waals surface area contributed by atoms with Crippen molar-refractivity contribution in [3.8, 4) is 0 Å². The van der Waals surface area contributed by atoms with E-state index in [0.29, 0.717) is 10.6 Å². The van der Waals surface area contributed by atoms with E-state index in [1.807, 2.05) is 0 Å². The molecule has 2 atom stereocenters. The Bertz CT molecular complexity index is 854. The van der Waals surface area contributed by atoms with Crippen LogP contribution < -0.4 is 5.32 Å². The maximum atomic E-state index is 12.8. The summed E-state index contributed by atoms with van der Waals surface area (Å²) >= 11 is 2.53. The molecule has 1 unspecified atom stereocenters. The monoisotopic (exact) mass is 427 g/mol. The fraction of sp³-hybridized carbons (Fsp3) is 0.438. The molecule has 150 valence electrons. The van der Waals surface area contributed by atoms with Crippen molar-refractivity contribution in [3.63, 3.8) is 0 Å². The molecule has 2 aliphatic heterocycles. The van der Waals surface area contributed by atoms with E-state index < -0.39 is 34.9 Å². The second-order valence-electron chi connectivity index (χ2n) is 5.97. The number of esters is 1. The van der Waals surface area contributed by atoms with Gasteiger partial charge in [-0.3, -0.25) is 19.3 Å². The highest BCUT2D eigenvalue weighted by molar-refractivity contribution is 8.00. The van der Waals surface area contributed by atoms with Gasteiger partial charge in [0.25, 0.3) is 11.6 Å². The highest BCUT2D eigenvalue weighted by Crippen LogP contribution is 2.46. The number of carbonyl (C=O) groups excluding carboxylic acids is 3. The zero-order valence-electron chi connectivity index (χ0n) is 15.0. The Morgan fingerprint density at radius 1 is 1.46 bits per heavy atom. The number of rotatable bonds is 7. The SMILES string of the molecule is COC1(NC(=O)Cc2nccs2)C(=O)N2C(C(=O)O)=C(COC(C)=O)CS[C@H]21. The van der Waals surface area contributed by atoms with Crippen LogP contribution in [0.3, 0.4) is 0 Å². The first-order chi connectivity index (χ1) is 13.3. The first-order valence-corrected chi connectivity index (χ1v) is 10.0. The lowest BCUT2D eigenvalue weighted by Gasteiger charge is -2.55. The molecule has 3 heterocycles. The summed E-state index contributed by atoms with van der Waals surface area (Å²) < 4.78 is 10.2. The average molecular weight is 427 g/mol. The quantitative estimate of drug-likeness (QED) is 0.349. The smallest absolute Gasteiger partial charge is 0.352 e. The van der Waals surface area contributed by atoms with Crippen molar-refractivity contribution in [2.75, 3.05) is 19.5 Å². The summed E-state index contributed by atoms with van der Waals surface area (Å²) in [5, 5.41) is 13.7. The number of methoxy groups -OCH3 is 1. The minimum Gasteiger partial charge on any atom is -0.477 e. The summed E-state index contributed by atoms with van der Waals surface area (Å²) in [7, 11) is 1.28. The number of ether oxygens (including phenoxy) is 2. The molecule has 3 rings (SSSR count). The Morgan fingerprint density at radius 2 is 2.21 bits per heavy atom. The molecular formula is C16H17N3O7S2. The number of β-lactam (4-membered cyclic amide) rings is 1. The summed E-state index contributed by atoms with van der Waals surface area (Å²) in [4.78, 5) is 53.1. The molecule has 2 aliphatic rings. The van der Waals surface area contributed by atoms with Crippen LogP contribution in [0.4, 0.5) is 0 Å². The van der Waals surface area contributed by atoms with Crippen molar-refractivity contribution < 1.29 is 33.8 Å². The van der Waals surface area contributed by atoms with Crippen molar-refractivity contribution >= 4 is 46.9 Å². The number of aliphatic carboxylic acids is 1. The molecule has 0 aromatic carbocycles. The van der Waals surface area contributed by atoms with Gasteiger partial charge in [-0.1, -0.05) is 0 Å². The van der Waals surface area contributed by atoms with E-state index in [4.69, 9.17) is 9.47 Å². The molecule has 28 heavy (non-hydrogen) atoms.